The Morgan fingerprint density at radius 3 is 2.41 bits per heavy atom. The fourth-order valence-electron chi connectivity index (χ4n) is 3.08. The summed E-state index contributed by atoms with van der Waals surface area (Å²) in [5.41, 5.74) is 1.29. The van der Waals surface area contributed by atoms with Crippen molar-refractivity contribution in [1.82, 2.24) is 4.90 Å². The predicted molar refractivity (Wildman–Crippen MR) is 133 cm³/mol. The molecule has 0 aliphatic carbocycles. The molecule has 0 saturated carbocycles. The molecule has 3 rings (SSSR count). The maximum Gasteiger partial charge on any atom is 0.425 e. The van der Waals surface area contributed by atoms with Crippen molar-refractivity contribution >= 4 is 88.8 Å². The van der Waals surface area contributed by atoms with Gasteiger partial charge in [0, 0.05) is 17.9 Å². The van der Waals surface area contributed by atoms with Gasteiger partial charge in [-0.1, -0.05) is 58.9 Å². The highest BCUT2D eigenvalue weighted by molar-refractivity contribution is 8.26. The number of fused-ring (bicyclic) bond motifs is 1. The Morgan fingerprint density at radius 1 is 1.16 bits per heavy atom. The largest absolute Gasteiger partial charge is 0.481 e. The number of hydrogen-bond donors (Lipinski definition) is 4. The molecule has 8 nitrogen and oxygen atoms in total. The number of amides is 1. The van der Waals surface area contributed by atoms with Gasteiger partial charge in [-0.15, -0.1) is 0 Å². The Bertz CT molecular complexity index is 1060. The first-order valence-corrected chi connectivity index (χ1v) is 13.7. The summed E-state index contributed by atoms with van der Waals surface area (Å²) in [4.78, 5) is 56.2. The molecular formula is C18H18Cl2N2O6PS3+. The molecule has 0 atom stereocenters. The zero-order chi connectivity index (χ0) is 23.8. The zero-order valence-electron chi connectivity index (χ0n) is 16.5. The highest BCUT2D eigenvalue weighted by Gasteiger charge is 2.43. The molecule has 1 amide bonds. The van der Waals surface area contributed by atoms with Crippen LogP contribution in [-0.4, -0.2) is 53.7 Å². The number of carboxylic acid groups (broad SMARTS) is 1. The minimum absolute atomic E-state index is 0.0472. The fraction of sp³-hybridized carbons (Fsp3) is 0.278. The van der Waals surface area contributed by atoms with Crippen molar-refractivity contribution in [2.24, 2.45) is 0 Å². The minimum atomic E-state index is -4.29. The van der Waals surface area contributed by atoms with Gasteiger partial charge in [-0.05, 0) is 37.1 Å². The summed E-state index contributed by atoms with van der Waals surface area (Å²) in [6.45, 7) is 2.53. The Balaban J connectivity index is 2.03. The van der Waals surface area contributed by atoms with E-state index in [0.717, 1.165) is 32.3 Å². The van der Waals surface area contributed by atoms with E-state index in [1.54, 1.807) is 18.2 Å². The van der Waals surface area contributed by atoms with Gasteiger partial charge in [-0.3, -0.25) is 14.5 Å². The summed E-state index contributed by atoms with van der Waals surface area (Å²) in [5.74, 6) is -1.65. The van der Waals surface area contributed by atoms with Crippen LogP contribution in [0.4, 0.5) is 5.69 Å². The molecule has 0 radical (unpaired) electrons. The smallest absolute Gasteiger partial charge is 0.425 e. The Labute approximate surface area is 208 Å². The number of hydrogen-bond acceptors (Lipinski definition) is 9. The standard InChI is InChI=1S/C18H17Cl2N2O6PS3/c1-2-21-12-6-10(19)11(20)7-13(12)31-14(21)5-9(3-4-15(23)24)16-17(25)22(18(30)32-16)8-29(26,27)28/h5-7,26-28H,2-4,8H2,1H3/p+1/b14-5-,16-9+. The number of thiocarbonyl (C=S) groups is 1. The number of aliphatic carboxylic acids is 1. The maximum atomic E-state index is 12.9. The SMILES string of the molecule is CCN1/C(=C/C(CCC(=O)O)=C2/SC(=S)N(C[P+](O)(O)O)C2=O)Sc2cc(Cl)c(Cl)cc21. The second kappa shape index (κ2) is 10.2. The van der Waals surface area contributed by atoms with Gasteiger partial charge >= 0.3 is 13.9 Å². The number of allylic oxidation sites excluding steroid dienone is 2. The molecule has 4 N–H and O–H groups in total. The van der Waals surface area contributed by atoms with E-state index in [4.69, 9.17) is 35.4 Å². The number of anilines is 1. The highest BCUT2D eigenvalue weighted by Crippen LogP contribution is 2.51. The topological polar surface area (TPSA) is 122 Å². The van der Waals surface area contributed by atoms with E-state index in [1.807, 2.05) is 11.8 Å². The molecule has 0 bridgehead atoms. The number of benzene rings is 1. The number of thioether (sulfide) groups is 2. The van der Waals surface area contributed by atoms with Gasteiger partial charge in [0.25, 0.3) is 5.91 Å². The molecule has 14 heteroatoms. The minimum Gasteiger partial charge on any atom is -0.481 e. The van der Waals surface area contributed by atoms with Crippen molar-refractivity contribution in [1.29, 1.82) is 0 Å². The molecule has 0 spiro atoms. The van der Waals surface area contributed by atoms with Crippen LogP contribution in [0.3, 0.4) is 0 Å². The molecule has 2 aliphatic heterocycles. The van der Waals surface area contributed by atoms with Crippen molar-refractivity contribution in [3.8, 4) is 0 Å². The summed E-state index contributed by atoms with van der Waals surface area (Å²) in [6, 6.07) is 3.50. The number of carbonyl (C=O) groups is 2. The van der Waals surface area contributed by atoms with Gasteiger partial charge in [0.15, 0.2) is 4.32 Å². The van der Waals surface area contributed by atoms with Crippen LogP contribution in [0.5, 0.6) is 0 Å². The molecule has 172 valence electrons. The Hall–Kier alpha value is -0.880. The fourth-order valence-corrected chi connectivity index (χ4v) is 6.84. The monoisotopic (exact) mass is 555 g/mol. The molecule has 1 saturated heterocycles. The quantitative estimate of drug-likeness (QED) is 0.218. The average Bonchev–Trinajstić information content (AvgIpc) is 3.15. The summed E-state index contributed by atoms with van der Waals surface area (Å²) in [7, 11) is -4.29. The van der Waals surface area contributed by atoms with E-state index in [-0.39, 0.29) is 22.1 Å². The lowest BCUT2D eigenvalue weighted by molar-refractivity contribution is -0.137. The summed E-state index contributed by atoms with van der Waals surface area (Å²) in [5, 5.41) is 10.7. The first kappa shape index (κ1) is 25.7. The van der Waals surface area contributed by atoms with Crippen LogP contribution in [-0.2, 0) is 9.59 Å². The van der Waals surface area contributed by atoms with Gasteiger partial charge in [0.05, 0.1) is 25.7 Å². The second-order valence-electron chi connectivity index (χ2n) is 6.75. The van der Waals surface area contributed by atoms with Gasteiger partial charge in [-0.2, -0.15) is 14.7 Å². The van der Waals surface area contributed by atoms with Gasteiger partial charge < -0.3 is 10.0 Å². The maximum absolute atomic E-state index is 12.9. The molecular weight excluding hydrogens is 538 g/mol. The summed E-state index contributed by atoms with van der Waals surface area (Å²) >= 11 is 19.8. The van der Waals surface area contributed by atoms with Gasteiger partial charge in [0.2, 0.25) is 6.29 Å². The summed E-state index contributed by atoms with van der Waals surface area (Å²) in [6.07, 6.45) is 0.839. The number of carbonyl (C=O) groups excluding carboxylic acids is 1. The molecule has 1 aromatic carbocycles. The molecule has 1 aromatic rings. The molecule has 2 aliphatic rings. The third kappa shape index (κ3) is 5.78. The van der Waals surface area contributed by atoms with E-state index >= 15 is 0 Å². The van der Waals surface area contributed by atoms with E-state index in [1.165, 1.54) is 11.8 Å². The van der Waals surface area contributed by atoms with Gasteiger partial charge in [-0.25, -0.2) is 0 Å². The first-order chi connectivity index (χ1) is 14.9. The molecule has 0 unspecified atom stereocenters. The normalized spacial score (nSPS) is 19.2. The third-order valence-corrected chi connectivity index (χ3v) is 8.45. The Morgan fingerprint density at radius 2 is 1.81 bits per heavy atom. The second-order valence-corrected chi connectivity index (χ2v) is 11.9. The van der Waals surface area contributed by atoms with E-state index < -0.39 is 26.1 Å². The zero-order valence-corrected chi connectivity index (χ0v) is 21.3. The van der Waals surface area contributed by atoms with Crippen molar-refractivity contribution in [2.75, 3.05) is 17.7 Å². The predicted octanol–water partition coefficient (Wildman–Crippen LogP) is 4.44. The average molecular weight is 556 g/mol. The Kier molecular flexibility index (Phi) is 8.18. The van der Waals surface area contributed by atoms with Crippen LogP contribution in [0, 0.1) is 0 Å². The molecule has 0 aromatic heterocycles. The van der Waals surface area contributed by atoms with Crippen molar-refractivity contribution < 1.29 is 29.4 Å². The molecule has 32 heavy (non-hydrogen) atoms. The van der Waals surface area contributed by atoms with Crippen molar-refractivity contribution in [3.05, 3.63) is 43.8 Å². The van der Waals surface area contributed by atoms with E-state index in [9.17, 15) is 29.4 Å². The van der Waals surface area contributed by atoms with Crippen LogP contribution in [0.25, 0.3) is 0 Å². The lowest BCUT2D eigenvalue weighted by Gasteiger charge is -2.19. The lowest BCUT2D eigenvalue weighted by atomic mass is 10.1. The lowest BCUT2D eigenvalue weighted by Crippen LogP contribution is -2.30. The van der Waals surface area contributed by atoms with Gasteiger partial charge in [0.1, 0.15) is 0 Å². The highest BCUT2D eigenvalue weighted by atomic mass is 35.5. The number of nitrogens with zero attached hydrogens (tertiary/aromatic N) is 2. The van der Waals surface area contributed by atoms with E-state index in [0.29, 0.717) is 22.2 Å². The van der Waals surface area contributed by atoms with Crippen LogP contribution in [0.2, 0.25) is 10.0 Å². The molecule has 1 fully saturated rings. The van der Waals surface area contributed by atoms with Crippen LogP contribution < -0.4 is 4.90 Å². The van der Waals surface area contributed by atoms with Crippen LogP contribution in [0.15, 0.2) is 38.6 Å². The number of halogens is 2. The van der Waals surface area contributed by atoms with E-state index in [2.05, 4.69) is 0 Å². The third-order valence-electron chi connectivity index (χ3n) is 4.47. The van der Waals surface area contributed by atoms with Crippen molar-refractivity contribution in [2.45, 2.75) is 24.7 Å². The number of rotatable bonds is 7. The van der Waals surface area contributed by atoms with Crippen molar-refractivity contribution in [3.63, 3.8) is 0 Å². The van der Waals surface area contributed by atoms with Crippen LogP contribution in [0.1, 0.15) is 19.8 Å². The number of carboxylic acids is 1. The summed E-state index contributed by atoms with van der Waals surface area (Å²) < 4.78 is 0.0472. The van der Waals surface area contributed by atoms with Crippen LogP contribution >= 0.6 is 66.9 Å². The first-order valence-electron chi connectivity index (χ1n) is 9.12. The molecule has 2 heterocycles.